The number of piperidine rings is 1. The van der Waals surface area contributed by atoms with Crippen molar-refractivity contribution in [2.24, 2.45) is 5.41 Å². The van der Waals surface area contributed by atoms with Crippen molar-refractivity contribution >= 4 is 23.1 Å². The van der Waals surface area contributed by atoms with Crippen LogP contribution >= 0.6 is 0 Å². The van der Waals surface area contributed by atoms with Gasteiger partial charge in [0.2, 0.25) is 0 Å². The standard InChI is InChI=1S/C28H35N5O3/c1-28(2,3)24(18-34)32-25-9-7-8-22(30-25)20-16-23(27(36)29-17-20)31-26(35)19-10-12-21(13-11-19)33-14-5-4-6-15-33/h7-13,16-17,24,34H,4-6,14-15,18H2,1-3H3,(H,29,36)(H,30,32)(H,31,35). The van der Waals surface area contributed by atoms with Crippen molar-refractivity contribution in [3.63, 3.8) is 0 Å². The van der Waals surface area contributed by atoms with Gasteiger partial charge in [0.25, 0.3) is 11.5 Å². The van der Waals surface area contributed by atoms with Crippen LogP contribution in [0.25, 0.3) is 11.3 Å². The fourth-order valence-corrected chi connectivity index (χ4v) is 4.29. The molecule has 190 valence electrons. The highest BCUT2D eigenvalue weighted by molar-refractivity contribution is 6.04. The lowest BCUT2D eigenvalue weighted by atomic mass is 9.87. The molecule has 1 aliphatic rings. The van der Waals surface area contributed by atoms with Gasteiger partial charge in [-0.15, -0.1) is 0 Å². The first-order valence-corrected chi connectivity index (χ1v) is 12.5. The zero-order valence-corrected chi connectivity index (χ0v) is 21.2. The molecule has 36 heavy (non-hydrogen) atoms. The lowest BCUT2D eigenvalue weighted by Gasteiger charge is -2.30. The van der Waals surface area contributed by atoms with Gasteiger partial charge >= 0.3 is 0 Å². The molecule has 8 nitrogen and oxygen atoms in total. The maximum Gasteiger partial charge on any atom is 0.271 e. The number of carbonyl (C=O) groups excluding carboxylic acids is 1. The van der Waals surface area contributed by atoms with Gasteiger partial charge in [0.15, 0.2) is 0 Å². The predicted molar refractivity (Wildman–Crippen MR) is 145 cm³/mol. The Morgan fingerprint density at radius 3 is 2.50 bits per heavy atom. The SMILES string of the molecule is CC(C)(C)C(CO)Nc1cccc(-c2c[nH]c(=O)c(NC(=O)c3ccc(N4CCCCC4)cc3)c2)n1. The molecule has 0 spiro atoms. The van der Waals surface area contributed by atoms with Crippen LogP contribution in [-0.2, 0) is 0 Å². The summed E-state index contributed by atoms with van der Waals surface area (Å²) in [5.74, 6) is 0.272. The van der Waals surface area contributed by atoms with Crippen LogP contribution < -0.4 is 21.1 Å². The van der Waals surface area contributed by atoms with E-state index >= 15 is 0 Å². The van der Waals surface area contributed by atoms with E-state index in [2.05, 4.69) is 25.5 Å². The summed E-state index contributed by atoms with van der Waals surface area (Å²) in [5.41, 5.74) is 2.49. The van der Waals surface area contributed by atoms with Crippen LogP contribution in [0.3, 0.4) is 0 Å². The molecule has 1 atom stereocenters. The molecule has 4 N–H and O–H groups in total. The van der Waals surface area contributed by atoms with Crippen LogP contribution in [0.4, 0.5) is 17.2 Å². The second-order valence-electron chi connectivity index (χ2n) is 10.3. The Morgan fingerprint density at radius 1 is 1.11 bits per heavy atom. The number of H-pyrrole nitrogens is 1. The zero-order valence-electron chi connectivity index (χ0n) is 21.2. The van der Waals surface area contributed by atoms with Crippen molar-refractivity contribution in [3.05, 3.63) is 70.6 Å². The highest BCUT2D eigenvalue weighted by atomic mass is 16.3. The molecule has 0 bridgehead atoms. The Morgan fingerprint density at radius 2 is 1.83 bits per heavy atom. The number of hydrogen-bond donors (Lipinski definition) is 4. The molecule has 1 amide bonds. The number of aliphatic hydroxyl groups excluding tert-OH is 1. The van der Waals surface area contributed by atoms with Crippen molar-refractivity contribution in [1.29, 1.82) is 0 Å². The normalized spacial score (nSPS) is 14.8. The summed E-state index contributed by atoms with van der Waals surface area (Å²) in [4.78, 5) is 35.0. The minimum absolute atomic E-state index is 0.0245. The number of benzene rings is 1. The average Bonchev–Trinajstić information content (AvgIpc) is 2.88. The number of rotatable bonds is 7. The maximum absolute atomic E-state index is 12.9. The molecule has 1 aliphatic heterocycles. The first-order valence-electron chi connectivity index (χ1n) is 12.5. The van der Waals surface area contributed by atoms with Gasteiger partial charge in [-0.3, -0.25) is 9.59 Å². The van der Waals surface area contributed by atoms with Crippen LogP contribution in [-0.4, -0.2) is 46.7 Å². The predicted octanol–water partition coefficient (Wildman–Crippen LogP) is 4.50. The Bertz CT molecular complexity index is 1240. The topological polar surface area (TPSA) is 110 Å². The molecular formula is C28H35N5O3. The second-order valence-corrected chi connectivity index (χ2v) is 10.3. The molecule has 4 rings (SSSR count). The van der Waals surface area contributed by atoms with Crippen LogP contribution in [0.5, 0.6) is 0 Å². The summed E-state index contributed by atoms with van der Waals surface area (Å²) >= 11 is 0. The summed E-state index contributed by atoms with van der Waals surface area (Å²) in [6.07, 6.45) is 5.22. The molecule has 0 aliphatic carbocycles. The summed E-state index contributed by atoms with van der Waals surface area (Å²) in [6, 6.07) is 14.5. The van der Waals surface area contributed by atoms with Gasteiger partial charge in [0.05, 0.1) is 18.3 Å². The minimum atomic E-state index is -0.389. The monoisotopic (exact) mass is 489 g/mol. The third kappa shape index (κ3) is 6.12. The number of aromatic nitrogens is 2. The fourth-order valence-electron chi connectivity index (χ4n) is 4.29. The smallest absolute Gasteiger partial charge is 0.271 e. The fraction of sp³-hybridized carbons (Fsp3) is 0.393. The van der Waals surface area contributed by atoms with Crippen molar-refractivity contribution < 1.29 is 9.90 Å². The Labute approximate surface area is 211 Å². The van der Waals surface area contributed by atoms with E-state index in [9.17, 15) is 14.7 Å². The Kier molecular flexibility index (Phi) is 7.74. The van der Waals surface area contributed by atoms with Crippen LogP contribution in [0.2, 0.25) is 0 Å². The number of anilines is 3. The highest BCUT2D eigenvalue weighted by Gasteiger charge is 2.24. The molecule has 1 saturated heterocycles. The van der Waals surface area contributed by atoms with E-state index in [-0.39, 0.29) is 35.2 Å². The van der Waals surface area contributed by atoms with Gasteiger partial charge in [0.1, 0.15) is 11.5 Å². The lowest BCUT2D eigenvalue weighted by Crippen LogP contribution is -2.37. The zero-order chi connectivity index (χ0) is 25.7. The third-order valence-electron chi connectivity index (χ3n) is 6.60. The number of aromatic amines is 1. The summed E-state index contributed by atoms with van der Waals surface area (Å²) in [6.45, 7) is 8.18. The van der Waals surface area contributed by atoms with Gasteiger partial charge in [-0.25, -0.2) is 4.98 Å². The van der Waals surface area contributed by atoms with Gasteiger partial charge in [-0.2, -0.15) is 0 Å². The average molecular weight is 490 g/mol. The Hall–Kier alpha value is -3.65. The van der Waals surface area contributed by atoms with Gasteiger partial charge in [-0.1, -0.05) is 26.8 Å². The molecule has 0 radical (unpaired) electrons. The molecule has 2 aromatic heterocycles. The highest BCUT2D eigenvalue weighted by Crippen LogP contribution is 2.25. The molecule has 3 heterocycles. The van der Waals surface area contributed by atoms with E-state index in [4.69, 9.17) is 0 Å². The summed E-state index contributed by atoms with van der Waals surface area (Å²) < 4.78 is 0. The van der Waals surface area contributed by atoms with Crippen LogP contribution in [0, 0.1) is 5.41 Å². The van der Waals surface area contributed by atoms with E-state index in [1.54, 1.807) is 24.4 Å². The number of hydrogen-bond acceptors (Lipinski definition) is 6. The first kappa shape index (κ1) is 25.4. The summed E-state index contributed by atoms with van der Waals surface area (Å²) in [7, 11) is 0. The molecular weight excluding hydrogens is 454 g/mol. The second kappa shape index (κ2) is 11.0. The van der Waals surface area contributed by atoms with E-state index in [0.717, 1.165) is 18.8 Å². The molecule has 8 heteroatoms. The number of amides is 1. The number of carbonyl (C=O) groups is 1. The van der Waals surface area contributed by atoms with Crippen molar-refractivity contribution in [1.82, 2.24) is 9.97 Å². The molecule has 1 fully saturated rings. The minimum Gasteiger partial charge on any atom is -0.394 e. The molecule has 3 aromatic rings. The quantitative estimate of drug-likeness (QED) is 0.389. The molecule has 1 aromatic carbocycles. The Balaban J connectivity index is 1.50. The van der Waals surface area contributed by atoms with Crippen LogP contribution in [0.15, 0.2) is 59.5 Å². The number of nitrogens with zero attached hydrogens (tertiary/aromatic N) is 2. The third-order valence-corrected chi connectivity index (χ3v) is 6.60. The number of pyridine rings is 2. The number of aliphatic hydroxyl groups is 1. The van der Waals surface area contributed by atoms with E-state index in [1.807, 2.05) is 51.1 Å². The largest absolute Gasteiger partial charge is 0.394 e. The maximum atomic E-state index is 12.9. The van der Waals surface area contributed by atoms with E-state index in [1.165, 1.54) is 19.3 Å². The van der Waals surface area contributed by atoms with Gasteiger partial charge < -0.3 is 25.6 Å². The molecule has 1 unspecified atom stereocenters. The van der Waals surface area contributed by atoms with Crippen molar-refractivity contribution in [3.8, 4) is 11.3 Å². The lowest BCUT2D eigenvalue weighted by molar-refractivity contribution is 0.102. The summed E-state index contributed by atoms with van der Waals surface area (Å²) in [5, 5.41) is 15.8. The van der Waals surface area contributed by atoms with Gasteiger partial charge in [0, 0.05) is 36.1 Å². The van der Waals surface area contributed by atoms with Crippen molar-refractivity contribution in [2.75, 3.05) is 35.2 Å². The molecule has 0 saturated carbocycles. The van der Waals surface area contributed by atoms with E-state index < -0.39 is 0 Å². The van der Waals surface area contributed by atoms with Crippen molar-refractivity contribution in [2.45, 2.75) is 46.1 Å². The van der Waals surface area contributed by atoms with Gasteiger partial charge in [-0.05, 0) is 67.1 Å². The number of nitrogens with one attached hydrogen (secondary N) is 3. The first-order chi connectivity index (χ1) is 17.2. The van der Waals surface area contributed by atoms with Crippen LogP contribution in [0.1, 0.15) is 50.4 Å². The van der Waals surface area contributed by atoms with E-state index in [0.29, 0.717) is 22.6 Å².